The lowest BCUT2D eigenvalue weighted by atomic mass is 9.68. The van der Waals surface area contributed by atoms with Crippen LogP contribution in [0, 0.1) is 28.6 Å². The monoisotopic (exact) mass is 191 g/mol. The first kappa shape index (κ1) is 10.0. The van der Waals surface area contributed by atoms with Gasteiger partial charge < -0.3 is 0 Å². The highest BCUT2D eigenvalue weighted by Gasteiger charge is 2.39. The summed E-state index contributed by atoms with van der Waals surface area (Å²) < 4.78 is 0. The van der Waals surface area contributed by atoms with Gasteiger partial charge in [0.25, 0.3) is 0 Å². The molecule has 1 nitrogen and oxygen atoms in total. The summed E-state index contributed by atoms with van der Waals surface area (Å²) in [4.78, 5) is 0. The van der Waals surface area contributed by atoms with E-state index in [9.17, 15) is 5.26 Å². The van der Waals surface area contributed by atoms with E-state index in [0.29, 0.717) is 0 Å². The molecule has 0 aliphatic heterocycles. The molecule has 0 aromatic heterocycles. The lowest BCUT2D eigenvalue weighted by Crippen LogP contribution is -2.26. The molecule has 0 unspecified atom stereocenters. The Kier molecular flexibility index (Phi) is 2.81. The fourth-order valence-corrected chi connectivity index (χ4v) is 2.87. The molecular weight excluding hydrogens is 170 g/mol. The van der Waals surface area contributed by atoms with Crippen LogP contribution >= 0.6 is 0 Å². The molecule has 0 aromatic carbocycles. The van der Waals surface area contributed by atoms with Gasteiger partial charge in [0.2, 0.25) is 0 Å². The number of rotatable bonds is 3. The van der Waals surface area contributed by atoms with Crippen LogP contribution in [-0.4, -0.2) is 0 Å². The summed E-state index contributed by atoms with van der Waals surface area (Å²) in [6.45, 7) is 2.28. The minimum Gasteiger partial charge on any atom is -0.198 e. The molecule has 78 valence electrons. The average Bonchev–Trinajstić information content (AvgIpc) is 3.03. The first-order valence-electron chi connectivity index (χ1n) is 6.19. The Morgan fingerprint density at radius 3 is 2.21 bits per heavy atom. The second-order valence-electron chi connectivity index (χ2n) is 5.39. The van der Waals surface area contributed by atoms with Gasteiger partial charge in [-0.1, -0.05) is 26.2 Å². The van der Waals surface area contributed by atoms with Gasteiger partial charge in [-0.15, -0.1) is 0 Å². The first-order chi connectivity index (χ1) is 6.78. The molecule has 0 atom stereocenters. The molecular formula is C13H21N. The van der Waals surface area contributed by atoms with E-state index in [4.69, 9.17) is 0 Å². The van der Waals surface area contributed by atoms with Gasteiger partial charge in [-0.05, 0) is 43.9 Å². The normalized spacial score (nSPS) is 37.9. The van der Waals surface area contributed by atoms with Crippen molar-refractivity contribution in [1.29, 1.82) is 5.26 Å². The Hall–Kier alpha value is -0.510. The van der Waals surface area contributed by atoms with Crippen LogP contribution in [-0.2, 0) is 0 Å². The predicted molar refractivity (Wildman–Crippen MR) is 57.6 cm³/mol. The van der Waals surface area contributed by atoms with E-state index in [1.165, 1.54) is 51.4 Å². The van der Waals surface area contributed by atoms with Gasteiger partial charge in [-0.3, -0.25) is 0 Å². The maximum absolute atomic E-state index is 9.33. The van der Waals surface area contributed by atoms with Crippen molar-refractivity contribution in [2.24, 2.45) is 17.3 Å². The number of nitriles is 1. The zero-order valence-electron chi connectivity index (χ0n) is 9.26. The highest BCUT2D eigenvalue weighted by Crippen LogP contribution is 2.48. The molecule has 0 spiro atoms. The summed E-state index contributed by atoms with van der Waals surface area (Å²) in [7, 11) is 0. The smallest absolute Gasteiger partial charge is 0.0689 e. The second kappa shape index (κ2) is 3.93. The minimum atomic E-state index is 0.0901. The van der Waals surface area contributed by atoms with E-state index in [1.807, 2.05) is 0 Å². The number of hydrogen-bond donors (Lipinski definition) is 0. The lowest BCUT2D eigenvalue weighted by Gasteiger charge is -2.34. The van der Waals surface area contributed by atoms with Crippen LogP contribution in [0.2, 0.25) is 0 Å². The van der Waals surface area contributed by atoms with E-state index in [-0.39, 0.29) is 5.41 Å². The predicted octanol–water partition coefficient (Wildman–Crippen LogP) is 3.90. The Bertz CT molecular complexity index is 226. The van der Waals surface area contributed by atoms with Crippen LogP contribution in [0.25, 0.3) is 0 Å². The molecule has 0 aromatic rings. The Balaban J connectivity index is 1.90. The van der Waals surface area contributed by atoms with Crippen molar-refractivity contribution < 1.29 is 0 Å². The van der Waals surface area contributed by atoms with E-state index in [1.54, 1.807) is 0 Å². The van der Waals surface area contributed by atoms with Crippen LogP contribution in [0.1, 0.15) is 58.3 Å². The Labute approximate surface area is 87.5 Å². The molecule has 2 aliphatic carbocycles. The number of nitrogens with zero attached hydrogens (tertiary/aromatic N) is 1. The van der Waals surface area contributed by atoms with Crippen LogP contribution in [0.5, 0.6) is 0 Å². The first-order valence-corrected chi connectivity index (χ1v) is 6.19. The third kappa shape index (κ3) is 2.11. The van der Waals surface area contributed by atoms with Crippen molar-refractivity contribution in [3.05, 3.63) is 0 Å². The van der Waals surface area contributed by atoms with Gasteiger partial charge in [-0.2, -0.15) is 5.26 Å². The SMILES string of the molecule is CCC1CCC(C#N)(CC2CC2)CC1. The van der Waals surface area contributed by atoms with Crippen molar-refractivity contribution in [3.8, 4) is 6.07 Å². The van der Waals surface area contributed by atoms with Gasteiger partial charge in [-0.25, -0.2) is 0 Å². The quantitative estimate of drug-likeness (QED) is 0.663. The maximum Gasteiger partial charge on any atom is 0.0689 e. The molecule has 14 heavy (non-hydrogen) atoms. The summed E-state index contributed by atoms with van der Waals surface area (Å²) in [5, 5.41) is 9.33. The largest absolute Gasteiger partial charge is 0.198 e. The van der Waals surface area contributed by atoms with Gasteiger partial charge in [0.1, 0.15) is 0 Å². The average molecular weight is 191 g/mol. The summed E-state index contributed by atoms with van der Waals surface area (Å²) >= 11 is 0. The third-order valence-corrected chi connectivity index (χ3v) is 4.25. The van der Waals surface area contributed by atoms with Crippen LogP contribution in [0.15, 0.2) is 0 Å². The molecule has 2 rings (SSSR count). The van der Waals surface area contributed by atoms with Gasteiger partial charge in [0, 0.05) is 0 Å². The summed E-state index contributed by atoms with van der Waals surface area (Å²) in [5.41, 5.74) is 0.0901. The number of hydrogen-bond acceptors (Lipinski definition) is 1. The van der Waals surface area contributed by atoms with E-state index >= 15 is 0 Å². The molecule has 0 N–H and O–H groups in total. The fourth-order valence-electron chi connectivity index (χ4n) is 2.87. The summed E-state index contributed by atoms with van der Waals surface area (Å²) in [6.07, 6.45) is 10.3. The van der Waals surface area contributed by atoms with Crippen LogP contribution < -0.4 is 0 Å². The molecule has 0 radical (unpaired) electrons. The lowest BCUT2D eigenvalue weighted by molar-refractivity contribution is 0.186. The molecule has 2 aliphatic rings. The standard InChI is InChI=1S/C13H21N/c1-2-11-5-7-13(10-14,8-6-11)9-12-3-4-12/h11-12H,2-9H2,1H3. The Morgan fingerprint density at radius 2 is 1.79 bits per heavy atom. The molecule has 2 fully saturated rings. The molecule has 0 amide bonds. The van der Waals surface area contributed by atoms with Gasteiger partial charge in [0.05, 0.1) is 11.5 Å². The zero-order chi connectivity index (χ0) is 10.0. The van der Waals surface area contributed by atoms with Gasteiger partial charge in [0.15, 0.2) is 0 Å². The van der Waals surface area contributed by atoms with Crippen molar-refractivity contribution in [1.82, 2.24) is 0 Å². The maximum atomic E-state index is 9.33. The molecule has 1 heteroatoms. The van der Waals surface area contributed by atoms with E-state index in [2.05, 4.69) is 13.0 Å². The van der Waals surface area contributed by atoms with Crippen molar-refractivity contribution >= 4 is 0 Å². The van der Waals surface area contributed by atoms with Crippen molar-refractivity contribution in [2.75, 3.05) is 0 Å². The van der Waals surface area contributed by atoms with Crippen LogP contribution in [0.4, 0.5) is 0 Å². The van der Waals surface area contributed by atoms with Crippen molar-refractivity contribution in [3.63, 3.8) is 0 Å². The van der Waals surface area contributed by atoms with E-state index in [0.717, 1.165) is 11.8 Å². The van der Waals surface area contributed by atoms with Gasteiger partial charge >= 0.3 is 0 Å². The third-order valence-electron chi connectivity index (χ3n) is 4.25. The molecule has 0 bridgehead atoms. The zero-order valence-corrected chi connectivity index (χ0v) is 9.26. The molecule has 0 saturated heterocycles. The summed E-state index contributed by atoms with van der Waals surface area (Å²) in [6, 6.07) is 2.63. The molecule has 2 saturated carbocycles. The highest BCUT2D eigenvalue weighted by molar-refractivity contribution is 5.03. The highest BCUT2D eigenvalue weighted by atomic mass is 14.5. The van der Waals surface area contributed by atoms with E-state index < -0.39 is 0 Å². The summed E-state index contributed by atoms with van der Waals surface area (Å²) in [5.74, 6) is 1.82. The Morgan fingerprint density at radius 1 is 1.14 bits per heavy atom. The second-order valence-corrected chi connectivity index (χ2v) is 5.39. The minimum absolute atomic E-state index is 0.0901. The van der Waals surface area contributed by atoms with Crippen molar-refractivity contribution in [2.45, 2.75) is 58.3 Å². The fraction of sp³-hybridized carbons (Fsp3) is 0.923. The molecule has 0 heterocycles. The van der Waals surface area contributed by atoms with Crippen LogP contribution in [0.3, 0.4) is 0 Å². The topological polar surface area (TPSA) is 23.8 Å².